The van der Waals surface area contributed by atoms with Gasteiger partial charge < -0.3 is 22.6 Å². The molecule has 0 aromatic carbocycles. The maximum absolute atomic E-state index is 4.54. The summed E-state index contributed by atoms with van der Waals surface area (Å²) >= 11 is 0. The van der Waals surface area contributed by atoms with Gasteiger partial charge in [0.05, 0.1) is 6.04 Å². The number of rotatable bonds is 3. The summed E-state index contributed by atoms with van der Waals surface area (Å²) in [5.41, 5.74) is 1.02. The van der Waals surface area contributed by atoms with Gasteiger partial charge in [-0.05, 0) is 13.8 Å². The molecule has 0 amide bonds. The third kappa shape index (κ3) is 35.5. The van der Waals surface area contributed by atoms with Crippen molar-refractivity contribution in [3.05, 3.63) is 6.42 Å². The van der Waals surface area contributed by atoms with Gasteiger partial charge >= 0.3 is 0 Å². The van der Waals surface area contributed by atoms with E-state index in [-0.39, 0.29) is 47.6 Å². The van der Waals surface area contributed by atoms with E-state index < -0.39 is 0 Å². The summed E-state index contributed by atoms with van der Waals surface area (Å²) in [6.45, 7) is 25.0. The van der Waals surface area contributed by atoms with Crippen LogP contribution in [0.15, 0.2) is 9.98 Å². The molecule has 0 aromatic rings. The van der Waals surface area contributed by atoms with Gasteiger partial charge in [0, 0.05) is 38.8 Å². The first-order valence-electron chi connectivity index (χ1n) is 9.78. The van der Waals surface area contributed by atoms with Crippen LogP contribution in [0.4, 0.5) is 0 Å². The zero-order chi connectivity index (χ0) is 19.3. The first-order chi connectivity index (χ1) is 11.0. The van der Waals surface area contributed by atoms with E-state index in [1.54, 1.807) is 0 Å². The number of nitrogens with zero attached hydrogens (tertiary/aromatic N) is 2. The zero-order valence-electron chi connectivity index (χ0n) is 18.9. The van der Waals surface area contributed by atoms with Gasteiger partial charge in [-0.3, -0.25) is 0 Å². The van der Waals surface area contributed by atoms with Crippen LogP contribution in [-0.2, 0) is 32.7 Å². The van der Waals surface area contributed by atoms with Gasteiger partial charge in [0.2, 0.25) is 0 Å². The van der Waals surface area contributed by atoms with Crippen LogP contribution in [0.2, 0.25) is 0 Å². The number of aliphatic imine (C=N–C) groups is 2. The Labute approximate surface area is 195 Å². The fourth-order valence-electron chi connectivity index (χ4n) is 1.19. The number of hydrogen-bond donors (Lipinski definition) is 0. The summed E-state index contributed by atoms with van der Waals surface area (Å²) in [5.74, 6) is 0.571. The Bertz CT molecular complexity index is 249. The average molecular weight is 448 g/mol. The molecule has 3 heteroatoms. The van der Waals surface area contributed by atoms with Crippen LogP contribution in [-0.4, -0.2) is 24.0 Å². The van der Waals surface area contributed by atoms with E-state index >= 15 is 0 Å². The average Bonchev–Trinajstić information content (AvgIpc) is 2.56. The molecule has 0 bridgehead atoms. The standard InChI is InChI=1S/C11H18N2.2C3H8.2C2H6.2CH4.Y/c1-5-8(2)6-11-7-12-9(3)10(4)13-11;2*1-3-2;2*1-2;;;/h5,8-10H,6H2,1-4H3;2*3H2,1-2H3;2*1-2H3;2*1H4;/q-2;;;;;;;/t8-,9-,10+;;;;;;;/m1......./s1. The minimum Gasteiger partial charge on any atom is -0.493 e. The molecule has 0 aromatic heterocycles. The van der Waals surface area contributed by atoms with Crippen molar-refractivity contribution >= 4 is 11.9 Å². The van der Waals surface area contributed by atoms with Gasteiger partial charge in [-0.25, -0.2) is 0 Å². The third-order valence-corrected chi connectivity index (χ3v) is 2.54. The summed E-state index contributed by atoms with van der Waals surface area (Å²) in [6.07, 6.45) is 8.68. The molecule has 1 rings (SSSR count). The van der Waals surface area contributed by atoms with Gasteiger partial charge in [-0.1, -0.05) is 96.4 Å². The second-order valence-corrected chi connectivity index (χ2v) is 5.23. The van der Waals surface area contributed by atoms with Gasteiger partial charge in [0.25, 0.3) is 0 Å². The molecule has 0 saturated carbocycles. The molecule has 0 aliphatic carbocycles. The molecule has 0 saturated heterocycles. The Balaban J connectivity index is -0.0000000478. The van der Waals surface area contributed by atoms with E-state index in [0.717, 1.165) is 12.1 Å². The monoisotopic (exact) mass is 447 g/mol. The van der Waals surface area contributed by atoms with Crippen LogP contribution < -0.4 is 0 Å². The first kappa shape index (κ1) is 45.3. The van der Waals surface area contributed by atoms with E-state index in [2.05, 4.69) is 78.0 Å². The summed E-state index contributed by atoms with van der Waals surface area (Å²) in [7, 11) is 0. The maximum Gasteiger partial charge on any atom is 0.0629 e. The van der Waals surface area contributed by atoms with E-state index in [0.29, 0.717) is 18.0 Å². The Hall–Kier alpha value is 0.444. The van der Waals surface area contributed by atoms with Crippen molar-refractivity contribution < 1.29 is 32.7 Å². The van der Waals surface area contributed by atoms with Crippen LogP contribution in [0.1, 0.15) is 117 Å². The zero-order valence-corrected chi connectivity index (χ0v) is 21.7. The minimum absolute atomic E-state index is 0. The molecule has 0 unspecified atom stereocenters. The minimum atomic E-state index is 0. The summed E-state index contributed by atoms with van der Waals surface area (Å²) in [5, 5.41) is 0. The number of hydrogen-bond acceptors (Lipinski definition) is 2. The Kier molecular flexibility index (Phi) is 70.0. The van der Waals surface area contributed by atoms with E-state index in [4.69, 9.17) is 0 Å². The fourth-order valence-corrected chi connectivity index (χ4v) is 1.19. The molecule has 0 N–H and O–H groups in total. The molecule has 1 heterocycles. The van der Waals surface area contributed by atoms with Crippen molar-refractivity contribution in [3.8, 4) is 0 Å². The molecule has 2 nitrogen and oxygen atoms in total. The molecular formula is C23H54N2Y-2. The Morgan fingerprint density at radius 3 is 1.54 bits per heavy atom. The third-order valence-electron chi connectivity index (χ3n) is 2.54. The molecule has 3 atom stereocenters. The molecule has 1 aliphatic heterocycles. The smallest absolute Gasteiger partial charge is 0.0629 e. The second kappa shape index (κ2) is 40.2. The van der Waals surface area contributed by atoms with Crippen molar-refractivity contribution in [2.24, 2.45) is 15.9 Å². The molecule has 0 spiro atoms. The van der Waals surface area contributed by atoms with Gasteiger partial charge in [0.1, 0.15) is 0 Å². The topological polar surface area (TPSA) is 24.7 Å². The molecule has 26 heavy (non-hydrogen) atoms. The van der Waals surface area contributed by atoms with Crippen molar-refractivity contribution in [3.63, 3.8) is 0 Å². The molecule has 161 valence electrons. The molecular weight excluding hydrogens is 393 g/mol. The van der Waals surface area contributed by atoms with Crippen LogP contribution in [0.25, 0.3) is 0 Å². The molecule has 1 radical (unpaired) electrons. The van der Waals surface area contributed by atoms with Crippen molar-refractivity contribution in [1.29, 1.82) is 0 Å². The van der Waals surface area contributed by atoms with Crippen molar-refractivity contribution in [1.82, 2.24) is 0 Å². The molecule has 0 fully saturated rings. The Morgan fingerprint density at radius 2 is 1.27 bits per heavy atom. The van der Waals surface area contributed by atoms with Crippen LogP contribution >= 0.6 is 0 Å². The predicted molar refractivity (Wildman–Crippen MR) is 126 cm³/mol. The van der Waals surface area contributed by atoms with Crippen molar-refractivity contribution in [2.45, 2.75) is 129 Å². The first-order valence-corrected chi connectivity index (χ1v) is 9.78. The van der Waals surface area contributed by atoms with Gasteiger partial charge in [0.15, 0.2) is 0 Å². The summed E-state index contributed by atoms with van der Waals surface area (Å²) in [4.78, 5) is 8.83. The summed E-state index contributed by atoms with van der Waals surface area (Å²) in [6, 6.07) is 0.616. The van der Waals surface area contributed by atoms with E-state index in [1.165, 1.54) is 12.8 Å². The van der Waals surface area contributed by atoms with Crippen LogP contribution in [0.3, 0.4) is 0 Å². The maximum atomic E-state index is 4.54. The van der Waals surface area contributed by atoms with Crippen molar-refractivity contribution in [2.75, 3.05) is 0 Å². The largest absolute Gasteiger partial charge is 0.493 e. The van der Waals surface area contributed by atoms with E-state index in [9.17, 15) is 0 Å². The SMILES string of the molecule is C.C.CC.CC.CCC.CCC.C[CH-][C@@H](C)CC1=N[C@@H](C)[C@@H](C)N=[C-]1.[Y]. The fraction of sp³-hybridized carbons (Fsp3) is 0.870. The van der Waals surface area contributed by atoms with Crippen LogP contribution in [0, 0.1) is 12.3 Å². The van der Waals surface area contributed by atoms with E-state index in [1.807, 2.05) is 27.7 Å². The quantitative estimate of drug-likeness (QED) is 0.387. The van der Waals surface area contributed by atoms with Gasteiger partial charge in [-0.2, -0.15) is 12.8 Å². The predicted octanol–water partition coefficient (Wildman–Crippen LogP) is 8.57. The van der Waals surface area contributed by atoms with Crippen LogP contribution in [0.5, 0.6) is 0 Å². The van der Waals surface area contributed by atoms with Gasteiger partial charge in [-0.15, -0.1) is 5.71 Å². The Morgan fingerprint density at radius 1 is 0.923 bits per heavy atom. The second-order valence-electron chi connectivity index (χ2n) is 5.23. The summed E-state index contributed by atoms with van der Waals surface area (Å²) < 4.78 is 0. The molecule has 1 aliphatic rings. The normalized spacial score (nSPS) is 16.8.